The Morgan fingerprint density at radius 2 is 2.00 bits per heavy atom. The third kappa shape index (κ3) is 3.74. The summed E-state index contributed by atoms with van der Waals surface area (Å²) >= 11 is 14.1. The van der Waals surface area contributed by atoms with E-state index >= 15 is 0 Å². The minimum atomic E-state index is -0.0671. The molecule has 2 aliphatic rings. The van der Waals surface area contributed by atoms with Crippen LogP contribution in [0.3, 0.4) is 0 Å². The average molecular weight is 485 g/mol. The molecule has 2 aliphatic heterocycles. The molecule has 6 nitrogen and oxygen atoms in total. The molecular weight excluding hydrogens is 460 g/mol. The molecule has 0 bridgehead atoms. The molecule has 0 aliphatic carbocycles. The second-order valence-corrected chi connectivity index (χ2v) is 11.1. The highest BCUT2D eigenvalue weighted by Gasteiger charge is 2.33. The van der Waals surface area contributed by atoms with Crippen LogP contribution in [-0.2, 0) is 19.5 Å². The van der Waals surface area contributed by atoms with E-state index in [-0.39, 0.29) is 5.54 Å². The van der Waals surface area contributed by atoms with E-state index < -0.39 is 0 Å². The Balaban J connectivity index is 1.63. The third-order valence-corrected chi connectivity index (χ3v) is 7.54. The zero-order valence-corrected chi connectivity index (χ0v) is 21.0. The number of benzene rings is 1. The molecule has 0 spiro atoms. The molecule has 0 unspecified atom stereocenters. The predicted molar refractivity (Wildman–Crippen MR) is 134 cm³/mol. The number of aromatic nitrogens is 3. The Labute approximate surface area is 202 Å². The van der Waals surface area contributed by atoms with Gasteiger partial charge in [0.05, 0.1) is 12.3 Å². The SMILES string of the molecule is Cc1nnc2n1-c1sc3c(c1C(c1ccccc1Cl)=NC2)CCN(C(=S)NC(C)(C)C)C3. The van der Waals surface area contributed by atoms with Gasteiger partial charge in [-0.2, -0.15) is 0 Å². The van der Waals surface area contributed by atoms with Crippen LogP contribution in [0, 0.1) is 6.92 Å². The lowest BCUT2D eigenvalue weighted by atomic mass is 9.95. The smallest absolute Gasteiger partial charge is 0.169 e. The van der Waals surface area contributed by atoms with Gasteiger partial charge < -0.3 is 10.2 Å². The van der Waals surface area contributed by atoms with Crippen LogP contribution in [-0.4, -0.2) is 42.6 Å². The fourth-order valence-electron chi connectivity index (χ4n) is 4.24. The maximum atomic E-state index is 6.62. The summed E-state index contributed by atoms with van der Waals surface area (Å²) in [5.74, 6) is 1.73. The van der Waals surface area contributed by atoms with E-state index in [2.05, 4.69) is 45.8 Å². The summed E-state index contributed by atoms with van der Waals surface area (Å²) in [6.45, 7) is 10.5. The van der Waals surface area contributed by atoms with Gasteiger partial charge in [-0.1, -0.05) is 29.8 Å². The van der Waals surface area contributed by atoms with Crippen LogP contribution >= 0.6 is 35.2 Å². The van der Waals surface area contributed by atoms with Crippen molar-refractivity contribution in [2.45, 2.75) is 52.7 Å². The third-order valence-electron chi connectivity index (χ3n) is 5.65. The first-order valence-electron chi connectivity index (χ1n) is 10.7. The molecule has 1 aromatic carbocycles. The number of hydrogen-bond acceptors (Lipinski definition) is 5. The summed E-state index contributed by atoms with van der Waals surface area (Å²) in [5, 5.41) is 14.8. The summed E-state index contributed by atoms with van der Waals surface area (Å²) in [7, 11) is 0. The van der Waals surface area contributed by atoms with Gasteiger partial charge in [0.25, 0.3) is 0 Å². The highest BCUT2D eigenvalue weighted by atomic mass is 35.5. The van der Waals surface area contributed by atoms with Crippen molar-refractivity contribution in [2.24, 2.45) is 4.99 Å². The molecule has 0 atom stereocenters. The lowest BCUT2D eigenvalue weighted by Gasteiger charge is -2.33. The van der Waals surface area contributed by atoms with E-state index in [4.69, 9.17) is 28.8 Å². The minimum absolute atomic E-state index is 0.0671. The number of nitrogens with one attached hydrogen (secondary N) is 1. The van der Waals surface area contributed by atoms with Gasteiger partial charge >= 0.3 is 0 Å². The molecule has 0 fully saturated rings. The van der Waals surface area contributed by atoms with Crippen molar-refractivity contribution in [3.63, 3.8) is 0 Å². The molecule has 0 amide bonds. The van der Waals surface area contributed by atoms with E-state index in [1.54, 1.807) is 11.3 Å². The van der Waals surface area contributed by atoms with Gasteiger partial charge in [0.1, 0.15) is 17.4 Å². The molecule has 166 valence electrons. The van der Waals surface area contributed by atoms with Gasteiger partial charge in [-0.05, 0) is 58.0 Å². The number of fused-ring (bicyclic) bond motifs is 5. The maximum absolute atomic E-state index is 6.62. The quantitative estimate of drug-likeness (QED) is 0.508. The number of thiocarbonyl (C=S) groups is 1. The van der Waals surface area contributed by atoms with Crippen LogP contribution in [0.2, 0.25) is 5.02 Å². The van der Waals surface area contributed by atoms with E-state index in [0.717, 1.165) is 58.1 Å². The molecule has 2 aromatic heterocycles. The van der Waals surface area contributed by atoms with E-state index in [1.165, 1.54) is 10.4 Å². The Bertz CT molecular complexity index is 1250. The van der Waals surface area contributed by atoms with Crippen molar-refractivity contribution in [2.75, 3.05) is 6.54 Å². The van der Waals surface area contributed by atoms with Gasteiger partial charge in [0.2, 0.25) is 0 Å². The molecule has 32 heavy (non-hydrogen) atoms. The van der Waals surface area contributed by atoms with Gasteiger partial charge in [0, 0.05) is 33.1 Å². The largest absolute Gasteiger partial charge is 0.358 e. The fourth-order valence-corrected chi connectivity index (χ4v) is 6.36. The Hall–Kier alpha value is -2.29. The standard InChI is InChI=1S/C23H25ClN6S2/c1-13-27-28-18-11-25-20(14-7-5-6-8-16(14)24)19-15-9-10-29(22(31)26-23(2,3)4)12-17(15)32-21(19)30(13)18/h5-8H,9-12H2,1-4H3,(H,26,31). The number of nitrogens with zero attached hydrogens (tertiary/aromatic N) is 5. The number of aryl methyl sites for hydroxylation is 1. The topological polar surface area (TPSA) is 58.3 Å². The van der Waals surface area contributed by atoms with E-state index in [0.29, 0.717) is 11.6 Å². The number of aliphatic imine (C=N–C) groups is 1. The van der Waals surface area contributed by atoms with Crippen molar-refractivity contribution in [1.82, 2.24) is 25.0 Å². The van der Waals surface area contributed by atoms with Crippen LogP contribution in [0.15, 0.2) is 29.3 Å². The lowest BCUT2D eigenvalue weighted by molar-refractivity contribution is 0.372. The van der Waals surface area contributed by atoms with Crippen LogP contribution in [0.25, 0.3) is 5.00 Å². The average Bonchev–Trinajstić information content (AvgIpc) is 3.23. The molecule has 0 saturated heterocycles. The number of halogens is 1. The normalized spacial score (nSPS) is 15.4. The lowest BCUT2D eigenvalue weighted by Crippen LogP contribution is -2.49. The summed E-state index contributed by atoms with van der Waals surface area (Å²) in [4.78, 5) is 8.56. The minimum Gasteiger partial charge on any atom is -0.358 e. The van der Waals surface area contributed by atoms with E-state index in [1.807, 2.05) is 31.2 Å². The number of thiophene rings is 1. The molecule has 0 radical (unpaired) electrons. The molecule has 4 heterocycles. The molecule has 1 N–H and O–H groups in total. The Morgan fingerprint density at radius 3 is 2.75 bits per heavy atom. The molecule has 3 aromatic rings. The van der Waals surface area contributed by atoms with Crippen LogP contribution in [0.4, 0.5) is 0 Å². The highest BCUT2D eigenvalue weighted by Crippen LogP contribution is 2.40. The van der Waals surface area contributed by atoms with Crippen LogP contribution in [0.5, 0.6) is 0 Å². The van der Waals surface area contributed by atoms with Crippen molar-refractivity contribution in [1.29, 1.82) is 0 Å². The molecule has 9 heteroatoms. The first-order chi connectivity index (χ1) is 15.2. The van der Waals surface area contributed by atoms with Crippen molar-refractivity contribution >= 4 is 46.0 Å². The summed E-state index contributed by atoms with van der Waals surface area (Å²) < 4.78 is 2.15. The fraction of sp³-hybridized carbons (Fsp3) is 0.391. The Morgan fingerprint density at radius 1 is 1.22 bits per heavy atom. The van der Waals surface area contributed by atoms with E-state index in [9.17, 15) is 0 Å². The monoisotopic (exact) mass is 484 g/mol. The Kier molecular flexibility index (Phi) is 5.34. The zero-order valence-electron chi connectivity index (χ0n) is 18.6. The highest BCUT2D eigenvalue weighted by molar-refractivity contribution is 7.80. The molecular formula is C23H25ClN6S2. The first kappa shape index (κ1) is 21.6. The first-order valence-corrected chi connectivity index (χ1v) is 12.3. The second kappa shape index (κ2) is 7.93. The van der Waals surface area contributed by atoms with Crippen LogP contribution < -0.4 is 5.32 Å². The second-order valence-electron chi connectivity index (χ2n) is 9.18. The molecule has 5 rings (SSSR count). The summed E-state index contributed by atoms with van der Waals surface area (Å²) in [6, 6.07) is 7.93. The molecule has 0 saturated carbocycles. The van der Waals surface area contributed by atoms with Gasteiger partial charge in [-0.15, -0.1) is 21.5 Å². The van der Waals surface area contributed by atoms with Gasteiger partial charge in [0.15, 0.2) is 10.9 Å². The summed E-state index contributed by atoms with van der Waals surface area (Å²) in [5.41, 5.74) is 4.33. The van der Waals surface area contributed by atoms with Crippen molar-refractivity contribution in [3.8, 4) is 5.00 Å². The predicted octanol–water partition coefficient (Wildman–Crippen LogP) is 4.67. The zero-order chi connectivity index (χ0) is 22.6. The van der Waals surface area contributed by atoms with Crippen molar-refractivity contribution < 1.29 is 0 Å². The number of hydrogen-bond donors (Lipinski definition) is 1. The van der Waals surface area contributed by atoms with Crippen molar-refractivity contribution in [3.05, 3.63) is 62.5 Å². The van der Waals surface area contributed by atoms with Crippen LogP contribution in [0.1, 0.15) is 54.0 Å². The van der Waals surface area contributed by atoms with Gasteiger partial charge in [-0.3, -0.25) is 9.56 Å². The number of rotatable bonds is 1. The van der Waals surface area contributed by atoms with Gasteiger partial charge in [-0.25, -0.2) is 0 Å². The summed E-state index contributed by atoms with van der Waals surface area (Å²) in [6.07, 6.45) is 0.896. The maximum Gasteiger partial charge on any atom is 0.169 e.